The van der Waals surface area contributed by atoms with Crippen molar-refractivity contribution in [3.63, 3.8) is 0 Å². The summed E-state index contributed by atoms with van der Waals surface area (Å²) in [7, 11) is -3.65. The van der Waals surface area contributed by atoms with Gasteiger partial charge in [-0.25, -0.2) is 12.8 Å². The minimum absolute atomic E-state index is 0.0432. The van der Waals surface area contributed by atoms with E-state index in [4.69, 9.17) is 0 Å². The van der Waals surface area contributed by atoms with Gasteiger partial charge in [-0.15, -0.1) is 0 Å². The lowest BCUT2D eigenvalue weighted by molar-refractivity contribution is -0.117. The highest BCUT2D eigenvalue weighted by Crippen LogP contribution is 2.27. The minimum atomic E-state index is -3.65. The van der Waals surface area contributed by atoms with E-state index in [1.165, 1.54) is 10.4 Å². The van der Waals surface area contributed by atoms with Gasteiger partial charge in [0.1, 0.15) is 5.82 Å². The standard InChI is InChI=1S/C20H23FN2O3S/c1-15-10-11-16(13-19(15)21)22-20(24)14-17-7-5-6-12-23(17)27(25,26)18-8-3-2-4-9-18/h2-4,8-11,13,17H,5-7,12,14H2,1H3,(H,22,24). The van der Waals surface area contributed by atoms with Crippen LogP contribution in [-0.2, 0) is 14.8 Å². The summed E-state index contributed by atoms with van der Waals surface area (Å²) >= 11 is 0. The second kappa shape index (κ2) is 8.19. The van der Waals surface area contributed by atoms with Gasteiger partial charge in [0.2, 0.25) is 15.9 Å². The first-order valence-electron chi connectivity index (χ1n) is 9.01. The molecule has 0 spiro atoms. The molecule has 5 nitrogen and oxygen atoms in total. The number of benzene rings is 2. The molecule has 0 bridgehead atoms. The number of rotatable bonds is 5. The number of carbonyl (C=O) groups is 1. The molecule has 2 aromatic carbocycles. The van der Waals surface area contributed by atoms with Crippen molar-refractivity contribution in [1.82, 2.24) is 4.31 Å². The maximum Gasteiger partial charge on any atom is 0.243 e. The Kier molecular flexibility index (Phi) is 5.92. The zero-order valence-corrected chi connectivity index (χ0v) is 16.0. The van der Waals surface area contributed by atoms with Gasteiger partial charge in [-0.3, -0.25) is 4.79 Å². The Balaban J connectivity index is 1.73. The lowest BCUT2D eigenvalue weighted by Crippen LogP contribution is -2.45. The Bertz CT molecular complexity index is 916. The normalized spacial score (nSPS) is 18.2. The van der Waals surface area contributed by atoms with Crippen LogP contribution in [0.2, 0.25) is 0 Å². The van der Waals surface area contributed by atoms with Crippen molar-refractivity contribution in [1.29, 1.82) is 0 Å². The third kappa shape index (κ3) is 4.54. The number of anilines is 1. The monoisotopic (exact) mass is 390 g/mol. The molecule has 1 aliphatic heterocycles. The van der Waals surface area contributed by atoms with Crippen molar-refractivity contribution in [3.8, 4) is 0 Å². The third-order valence-electron chi connectivity index (χ3n) is 4.80. The first kappa shape index (κ1) is 19.5. The summed E-state index contributed by atoms with van der Waals surface area (Å²) in [6.07, 6.45) is 2.31. The predicted octanol–water partition coefficient (Wildman–Crippen LogP) is 3.71. The van der Waals surface area contributed by atoms with Crippen molar-refractivity contribution < 1.29 is 17.6 Å². The lowest BCUT2D eigenvalue weighted by atomic mass is 10.0. The van der Waals surface area contributed by atoms with Crippen LogP contribution in [0.5, 0.6) is 0 Å². The van der Waals surface area contributed by atoms with Gasteiger partial charge in [-0.05, 0) is 49.6 Å². The van der Waals surface area contributed by atoms with Gasteiger partial charge in [-0.2, -0.15) is 4.31 Å². The van der Waals surface area contributed by atoms with Crippen LogP contribution in [0.3, 0.4) is 0 Å². The summed E-state index contributed by atoms with van der Waals surface area (Å²) < 4.78 is 41.0. The molecule has 0 aliphatic carbocycles. The number of nitrogens with one attached hydrogen (secondary N) is 1. The van der Waals surface area contributed by atoms with Crippen LogP contribution < -0.4 is 5.32 Å². The second-order valence-corrected chi connectivity index (χ2v) is 8.69. The second-order valence-electron chi connectivity index (χ2n) is 6.79. The number of aryl methyl sites for hydroxylation is 1. The summed E-state index contributed by atoms with van der Waals surface area (Å²) in [5, 5.41) is 2.67. The van der Waals surface area contributed by atoms with E-state index in [1.54, 1.807) is 49.4 Å². The molecule has 144 valence electrons. The van der Waals surface area contributed by atoms with Gasteiger partial charge in [0.15, 0.2) is 0 Å². The van der Waals surface area contributed by atoms with Crippen LogP contribution in [0.4, 0.5) is 10.1 Å². The van der Waals surface area contributed by atoms with E-state index in [9.17, 15) is 17.6 Å². The highest BCUT2D eigenvalue weighted by Gasteiger charge is 2.34. The quantitative estimate of drug-likeness (QED) is 0.846. The SMILES string of the molecule is Cc1ccc(NC(=O)CC2CCCCN2S(=O)(=O)c2ccccc2)cc1F. The van der Waals surface area contributed by atoms with Crippen molar-refractivity contribution in [3.05, 3.63) is 59.9 Å². The van der Waals surface area contributed by atoms with Crippen LogP contribution in [0.1, 0.15) is 31.2 Å². The minimum Gasteiger partial charge on any atom is -0.326 e. The number of hydrogen-bond donors (Lipinski definition) is 1. The van der Waals surface area contributed by atoms with E-state index in [0.29, 0.717) is 24.2 Å². The van der Waals surface area contributed by atoms with Crippen LogP contribution >= 0.6 is 0 Å². The van der Waals surface area contributed by atoms with Crippen molar-refractivity contribution in [2.24, 2.45) is 0 Å². The van der Waals surface area contributed by atoms with Crippen molar-refractivity contribution >= 4 is 21.6 Å². The van der Waals surface area contributed by atoms with Crippen molar-refractivity contribution in [2.45, 2.75) is 43.5 Å². The fourth-order valence-electron chi connectivity index (χ4n) is 3.32. The van der Waals surface area contributed by atoms with Crippen LogP contribution in [0.25, 0.3) is 0 Å². The molecule has 27 heavy (non-hydrogen) atoms. The maximum absolute atomic E-state index is 13.7. The summed E-state index contributed by atoms with van der Waals surface area (Å²) in [6.45, 7) is 2.05. The predicted molar refractivity (Wildman–Crippen MR) is 102 cm³/mol. The van der Waals surface area contributed by atoms with Gasteiger partial charge in [0.05, 0.1) is 4.90 Å². The molecule has 1 saturated heterocycles. The van der Waals surface area contributed by atoms with Gasteiger partial charge in [0, 0.05) is 24.7 Å². The summed E-state index contributed by atoms with van der Waals surface area (Å²) in [5.74, 6) is -0.711. The largest absolute Gasteiger partial charge is 0.326 e. The number of piperidine rings is 1. The molecule has 1 fully saturated rings. The Morgan fingerprint density at radius 2 is 1.93 bits per heavy atom. The third-order valence-corrected chi connectivity index (χ3v) is 6.77. The molecule has 7 heteroatoms. The molecule has 0 aromatic heterocycles. The Morgan fingerprint density at radius 3 is 2.63 bits per heavy atom. The van der Waals surface area contributed by atoms with Crippen LogP contribution in [0.15, 0.2) is 53.4 Å². The molecule has 0 radical (unpaired) electrons. The molecule has 3 rings (SSSR count). The van der Waals surface area contributed by atoms with Crippen molar-refractivity contribution in [2.75, 3.05) is 11.9 Å². The molecule has 1 amide bonds. The van der Waals surface area contributed by atoms with E-state index in [0.717, 1.165) is 12.8 Å². The molecule has 1 atom stereocenters. The van der Waals surface area contributed by atoms with E-state index < -0.39 is 21.9 Å². The zero-order chi connectivity index (χ0) is 19.4. The summed E-state index contributed by atoms with van der Waals surface area (Å²) in [4.78, 5) is 12.7. The molecule has 1 N–H and O–H groups in total. The average Bonchev–Trinajstić information content (AvgIpc) is 2.66. The Hall–Kier alpha value is -2.25. The van der Waals surface area contributed by atoms with E-state index in [1.807, 2.05) is 0 Å². The molecule has 1 heterocycles. The molecule has 1 unspecified atom stereocenters. The van der Waals surface area contributed by atoms with Gasteiger partial charge < -0.3 is 5.32 Å². The number of carbonyl (C=O) groups excluding carboxylic acids is 1. The van der Waals surface area contributed by atoms with E-state index in [2.05, 4.69) is 5.32 Å². The first-order valence-corrected chi connectivity index (χ1v) is 10.4. The summed E-state index contributed by atoms with van der Waals surface area (Å²) in [5.41, 5.74) is 0.872. The first-order chi connectivity index (χ1) is 12.9. The van der Waals surface area contributed by atoms with Gasteiger partial charge >= 0.3 is 0 Å². The highest BCUT2D eigenvalue weighted by molar-refractivity contribution is 7.89. The number of nitrogens with zero attached hydrogens (tertiary/aromatic N) is 1. The molecule has 2 aromatic rings. The Morgan fingerprint density at radius 1 is 1.19 bits per heavy atom. The smallest absolute Gasteiger partial charge is 0.243 e. The fourth-order valence-corrected chi connectivity index (χ4v) is 5.03. The molecular formula is C20H23FN2O3S. The van der Waals surface area contributed by atoms with Gasteiger partial charge in [0.25, 0.3) is 0 Å². The highest BCUT2D eigenvalue weighted by atomic mass is 32.2. The maximum atomic E-state index is 13.7. The van der Waals surface area contributed by atoms with Crippen LogP contribution in [-0.4, -0.2) is 31.2 Å². The summed E-state index contributed by atoms with van der Waals surface area (Å²) in [6, 6.07) is 12.4. The molecule has 0 saturated carbocycles. The fraction of sp³-hybridized carbons (Fsp3) is 0.350. The number of hydrogen-bond acceptors (Lipinski definition) is 3. The van der Waals surface area contributed by atoms with Gasteiger partial charge in [-0.1, -0.05) is 30.7 Å². The topological polar surface area (TPSA) is 66.5 Å². The number of sulfonamides is 1. The number of halogens is 1. The van der Waals surface area contributed by atoms with E-state index in [-0.39, 0.29) is 17.2 Å². The van der Waals surface area contributed by atoms with E-state index >= 15 is 0 Å². The molecule has 1 aliphatic rings. The van der Waals surface area contributed by atoms with Crippen LogP contribution in [0, 0.1) is 12.7 Å². The average molecular weight is 390 g/mol. The Labute approximate surface area is 159 Å². The number of amides is 1. The molecular weight excluding hydrogens is 367 g/mol. The lowest BCUT2D eigenvalue weighted by Gasteiger charge is -2.34. The zero-order valence-electron chi connectivity index (χ0n) is 15.2.